The number of unbranched alkanes of at least 4 members (excludes halogenated alkanes) is 13. The van der Waals surface area contributed by atoms with Crippen LogP contribution in [0.15, 0.2) is 12.7 Å². The molecule has 0 saturated heterocycles. The molecule has 0 aliphatic carbocycles. The molecule has 0 aromatic carbocycles. The highest BCUT2D eigenvalue weighted by Gasteiger charge is 2.34. The third-order valence-electron chi connectivity index (χ3n) is 8.24. The number of nitrogen functional groups attached to an aromatic ring is 1. The number of carbonyl (C=O) groups is 1. The molecule has 2 heterocycles. The molecule has 0 aliphatic rings. The highest BCUT2D eigenvalue weighted by molar-refractivity contribution is 8.10. The summed E-state index contributed by atoms with van der Waals surface area (Å²) < 4.78 is 20.0. The van der Waals surface area contributed by atoms with E-state index in [-0.39, 0.29) is 17.4 Å². The third kappa shape index (κ3) is 13.9. The minimum Gasteiger partial charge on any atom is -0.382 e. The summed E-state index contributed by atoms with van der Waals surface area (Å²) in [5, 5.41) is 0. The lowest BCUT2D eigenvalue weighted by Gasteiger charge is -2.31. The highest BCUT2D eigenvalue weighted by atomic mass is 32.5. The average Bonchev–Trinajstić information content (AvgIpc) is 3.43. The molecule has 0 fully saturated rings. The smallest absolute Gasteiger partial charge is 0.193 e. The number of aromatic nitrogens is 4. The van der Waals surface area contributed by atoms with E-state index in [1.807, 2.05) is 25.3 Å². The molecule has 2 rings (SSSR count). The monoisotopic (exact) mass is 653 g/mol. The molecule has 2 aromatic rings. The number of carbonyl (C=O) groups excluding carboxylic acids is 1. The number of nitrogens with two attached hydrogens (primary N) is 1. The standard InChI is InChI=1S/C33H60N5O4PS/c1-6-7-8-9-10-11-12-13-14-15-16-17-18-19-22-41-23-20-21-29(31(39)27(2)3)42-43(44,40-5)28(4)24-38-26-37-30-32(34)35-25-36-33(30)38/h25-29H,6-24H2,1-5H3,(H2,34,35,36)/t28-,29-,43-/m1/s1. The first-order chi connectivity index (χ1) is 21.2. The first kappa shape index (κ1) is 38.7. The van der Waals surface area contributed by atoms with Crippen LogP contribution in [0.3, 0.4) is 0 Å². The number of hydrogen-bond acceptors (Lipinski definition) is 9. The van der Waals surface area contributed by atoms with Gasteiger partial charge in [0.25, 0.3) is 0 Å². The van der Waals surface area contributed by atoms with E-state index in [1.165, 1.54) is 89.8 Å². The van der Waals surface area contributed by atoms with Crippen LogP contribution >= 0.6 is 6.49 Å². The summed E-state index contributed by atoms with van der Waals surface area (Å²) in [6.45, 7) is 7.08. The Kier molecular flexibility index (Phi) is 19.5. The van der Waals surface area contributed by atoms with Gasteiger partial charge < -0.3 is 24.1 Å². The Morgan fingerprint density at radius 1 is 0.886 bits per heavy atom. The van der Waals surface area contributed by atoms with Crippen LogP contribution in [-0.4, -0.2) is 57.4 Å². The quantitative estimate of drug-likeness (QED) is 0.0747. The molecule has 9 nitrogen and oxygen atoms in total. The zero-order valence-corrected chi connectivity index (χ0v) is 29.9. The van der Waals surface area contributed by atoms with E-state index in [0.29, 0.717) is 36.6 Å². The van der Waals surface area contributed by atoms with Crippen LogP contribution in [0.4, 0.5) is 5.82 Å². The topological polar surface area (TPSA) is 114 Å². The van der Waals surface area contributed by atoms with Gasteiger partial charge in [-0.05, 0) is 31.1 Å². The predicted molar refractivity (Wildman–Crippen MR) is 186 cm³/mol. The normalized spacial score (nSPS) is 14.7. The van der Waals surface area contributed by atoms with Crippen molar-refractivity contribution >= 4 is 41.1 Å². The van der Waals surface area contributed by atoms with Crippen molar-refractivity contribution in [2.24, 2.45) is 5.92 Å². The van der Waals surface area contributed by atoms with Crippen LogP contribution in [0.2, 0.25) is 0 Å². The maximum atomic E-state index is 13.1. The Hall–Kier alpha value is -1.45. The van der Waals surface area contributed by atoms with Crippen molar-refractivity contribution in [1.29, 1.82) is 0 Å². The van der Waals surface area contributed by atoms with Crippen LogP contribution in [-0.2, 0) is 36.9 Å². The molecule has 11 heteroatoms. The SMILES string of the molecule is CCCCCCCCCCCCCCCCOCCC[C@@H](O[P@](=S)(OC)[C@H](C)Cn1cnc2c(N)ncnc21)C(=O)C(C)C. The maximum Gasteiger partial charge on any atom is 0.193 e. The summed E-state index contributed by atoms with van der Waals surface area (Å²) in [5.74, 6) is 0.214. The maximum absolute atomic E-state index is 13.1. The predicted octanol–water partition coefficient (Wildman–Crippen LogP) is 8.64. The summed E-state index contributed by atoms with van der Waals surface area (Å²) in [6, 6.07) is 0. The zero-order valence-electron chi connectivity index (χ0n) is 28.2. The molecule has 0 unspecified atom stereocenters. The van der Waals surface area contributed by atoms with Crippen molar-refractivity contribution < 1.29 is 18.6 Å². The van der Waals surface area contributed by atoms with Crippen LogP contribution in [0, 0.1) is 5.92 Å². The van der Waals surface area contributed by atoms with Crippen molar-refractivity contribution in [2.45, 2.75) is 149 Å². The lowest BCUT2D eigenvalue weighted by Crippen LogP contribution is -2.30. The van der Waals surface area contributed by atoms with Crippen molar-refractivity contribution in [3.63, 3.8) is 0 Å². The minimum absolute atomic E-state index is 0.0454. The molecule has 0 amide bonds. The van der Waals surface area contributed by atoms with Gasteiger partial charge in [0.2, 0.25) is 0 Å². The molecular formula is C33H60N5O4PS. The largest absolute Gasteiger partial charge is 0.382 e. The number of Topliss-reactive ketones (excluding diaryl/α,β-unsaturated/α-hetero) is 1. The number of hydrogen-bond donors (Lipinski definition) is 1. The van der Waals surface area contributed by atoms with Gasteiger partial charge in [0.15, 0.2) is 23.7 Å². The number of rotatable bonds is 27. The molecule has 0 saturated carbocycles. The van der Waals surface area contributed by atoms with Gasteiger partial charge in [-0.25, -0.2) is 15.0 Å². The number of nitrogens with zero attached hydrogens (tertiary/aromatic N) is 4. The number of fused-ring (bicyclic) bond motifs is 1. The lowest BCUT2D eigenvalue weighted by atomic mass is 10.0. The van der Waals surface area contributed by atoms with Crippen molar-refractivity contribution in [3.8, 4) is 0 Å². The summed E-state index contributed by atoms with van der Waals surface area (Å²) in [5.41, 5.74) is 6.94. The van der Waals surface area contributed by atoms with Gasteiger partial charge >= 0.3 is 0 Å². The van der Waals surface area contributed by atoms with Gasteiger partial charge in [0, 0.05) is 32.8 Å². The molecule has 3 atom stereocenters. The number of ketones is 1. The summed E-state index contributed by atoms with van der Waals surface area (Å²) in [4.78, 5) is 25.8. The average molecular weight is 654 g/mol. The Morgan fingerprint density at radius 2 is 1.45 bits per heavy atom. The Labute approximate surface area is 272 Å². The van der Waals surface area contributed by atoms with E-state index in [2.05, 4.69) is 21.9 Å². The molecule has 2 N–H and O–H groups in total. The fraction of sp³-hybridized carbons (Fsp3) is 0.818. The van der Waals surface area contributed by atoms with E-state index in [4.69, 9.17) is 31.3 Å². The van der Waals surface area contributed by atoms with Gasteiger partial charge in [0.05, 0.1) is 12.0 Å². The second-order valence-corrected chi connectivity index (χ2v) is 16.5. The first-order valence-corrected chi connectivity index (χ1v) is 19.8. The van der Waals surface area contributed by atoms with Gasteiger partial charge in [-0.3, -0.25) is 4.79 Å². The van der Waals surface area contributed by atoms with E-state index < -0.39 is 12.6 Å². The fourth-order valence-corrected chi connectivity index (χ4v) is 7.52. The summed E-state index contributed by atoms with van der Waals surface area (Å²) in [6.07, 6.45) is 22.6. The van der Waals surface area contributed by atoms with Crippen LogP contribution < -0.4 is 5.73 Å². The van der Waals surface area contributed by atoms with E-state index in [0.717, 1.165) is 19.4 Å². The van der Waals surface area contributed by atoms with Crippen LogP contribution in [0.5, 0.6) is 0 Å². The Morgan fingerprint density at radius 3 is 2.02 bits per heavy atom. The highest BCUT2D eigenvalue weighted by Crippen LogP contribution is 2.55. The van der Waals surface area contributed by atoms with E-state index in [1.54, 1.807) is 13.4 Å². The molecule has 0 spiro atoms. The molecule has 0 aliphatic heterocycles. The Balaban J connectivity index is 1.66. The third-order valence-corrected chi connectivity index (χ3v) is 12.3. The van der Waals surface area contributed by atoms with Gasteiger partial charge in [-0.15, -0.1) is 0 Å². The van der Waals surface area contributed by atoms with E-state index in [9.17, 15) is 4.79 Å². The van der Waals surface area contributed by atoms with Crippen molar-refractivity contribution in [2.75, 3.05) is 26.1 Å². The van der Waals surface area contributed by atoms with Gasteiger partial charge in [-0.2, -0.15) is 0 Å². The second-order valence-electron chi connectivity index (χ2n) is 12.4. The van der Waals surface area contributed by atoms with Crippen LogP contribution in [0.25, 0.3) is 11.2 Å². The number of ether oxygens (including phenoxy) is 1. The van der Waals surface area contributed by atoms with E-state index >= 15 is 0 Å². The zero-order chi connectivity index (χ0) is 32.2. The first-order valence-electron chi connectivity index (χ1n) is 17.1. The van der Waals surface area contributed by atoms with Crippen molar-refractivity contribution in [3.05, 3.63) is 12.7 Å². The van der Waals surface area contributed by atoms with Crippen molar-refractivity contribution in [1.82, 2.24) is 19.5 Å². The summed E-state index contributed by atoms with van der Waals surface area (Å²) >= 11 is 5.95. The number of imidazole rings is 1. The van der Waals surface area contributed by atoms with Gasteiger partial charge in [0.1, 0.15) is 17.9 Å². The molecule has 252 valence electrons. The molecule has 0 bridgehead atoms. The second kappa shape index (κ2) is 22.1. The van der Waals surface area contributed by atoms with Gasteiger partial charge in [-0.1, -0.05) is 111 Å². The fourth-order valence-electron chi connectivity index (χ4n) is 5.41. The number of anilines is 1. The summed E-state index contributed by atoms with van der Waals surface area (Å²) in [7, 11) is 1.57. The molecular weight excluding hydrogens is 593 g/mol. The lowest BCUT2D eigenvalue weighted by molar-refractivity contribution is -0.129. The van der Waals surface area contributed by atoms with Crippen LogP contribution in [0.1, 0.15) is 130 Å². The molecule has 2 aromatic heterocycles. The Bertz CT molecular complexity index is 1120. The minimum atomic E-state index is -2.82. The molecule has 0 radical (unpaired) electrons. The molecule has 44 heavy (non-hydrogen) atoms.